The summed E-state index contributed by atoms with van der Waals surface area (Å²) in [4.78, 5) is 33.8. The molecule has 3 aromatic heterocycles. The van der Waals surface area contributed by atoms with E-state index in [2.05, 4.69) is 9.97 Å². The normalized spacial score (nSPS) is 11.3. The van der Waals surface area contributed by atoms with Crippen molar-refractivity contribution >= 4 is 55.6 Å². The summed E-state index contributed by atoms with van der Waals surface area (Å²) in [6, 6.07) is 9.36. The number of thioether (sulfide) groups is 1. The second kappa shape index (κ2) is 7.79. The minimum absolute atomic E-state index is 0.0739. The highest BCUT2D eigenvalue weighted by molar-refractivity contribution is 8.00. The first kappa shape index (κ1) is 18.1. The molecule has 0 unspecified atom stereocenters. The van der Waals surface area contributed by atoms with Gasteiger partial charge in [0.1, 0.15) is 0 Å². The molecule has 0 aliphatic carbocycles. The third-order valence-electron chi connectivity index (χ3n) is 3.75. The van der Waals surface area contributed by atoms with E-state index in [1.807, 2.05) is 29.6 Å². The first-order valence-electron chi connectivity index (χ1n) is 8.27. The van der Waals surface area contributed by atoms with Crippen molar-refractivity contribution in [1.82, 2.24) is 14.4 Å². The molecule has 0 atom stereocenters. The van der Waals surface area contributed by atoms with Crippen LogP contribution in [0.25, 0.3) is 15.2 Å². The summed E-state index contributed by atoms with van der Waals surface area (Å²) < 4.78 is 8.46. The van der Waals surface area contributed by atoms with Gasteiger partial charge in [-0.2, -0.15) is 0 Å². The van der Waals surface area contributed by atoms with Crippen LogP contribution in [0.5, 0.6) is 0 Å². The molecule has 6 nitrogen and oxygen atoms in total. The van der Waals surface area contributed by atoms with Crippen LogP contribution in [-0.2, 0) is 21.7 Å². The van der Waals surface area contributed by atoms with E-state index >= 15 is 0 Å². The Hall–Kier alpha value is -2.23. The second-order valence-corrected chi connectivity index (χ2v) is 8.74. The monoisotopic (exact) mass is 417 g/mol. The van der Waals surface area contributed by atoms with E-state index < -0.39 is 0 Å². The fraction of sp³-hybridized carbons (Fsp3) is 0.222. The van der Waals surface area contributed by atoms with Crippen LogP contribution in [0.4, 0.5) is 0 Å². The summed E-state index contributed by atoms with van der Waals surface area (Å²) in [6.45, 7) is 2.15. The van der Waals surface area contributed by atoms with Crippen molar-refractivity contribution in [1.29, 1.82) is 0 Å². The molecule has 9 heteroatoms. The maximum absolute atomic E-state index is 12.5. The molecule has 0 aliphatic heterocycles. The second-order valence-electron chi connectivity index (χ2n) is 5.65. The number of carbonyl (C=O) groups is 1. The number of fused-ring (bicyclic) bond motifs is 3. The summed E-state index contributed by atoms with van der Waals surface area (Å²) in [7, 11) is 0. The quantitative estimate of drug-likeness (QED) is 0.351. The Labute approximate surface area is 166 Å². The zero-order chi connectivity index (χ0) is 18.8. The van der Waals surface area contributed by atoms with E-state index in [9.17, 15) is 9.59 Å². The van der Waals surface area contributed by atoms with E-state index in [4.69, 9.17) is 4.74 Å². The topological polar surface area (TPSA) is 73.6 Å². The lowest BCUT2D eigenvalue weighted by atomic mass is 10.3. The summed E-state index contributed by atoms with van der Waals surface area (Å²) >= 11 is 4.49. The maximum atomic E-state index is 12.5. The molecule has 0 N–H and O–H groups in total. The minimum Gasteiger partial charge on any atom is -0.466 e. The van der Waals surface area contributed by atoms with E-state index in [1.165, 1.54) is 34.4 Å². The average Bonchev–Trinajstić information content (AvgIpc) is 3.24. The largest absolute Gasteiger partial charge is 0.466 e. The fourth-order valence-corrected chi connectivity index (χ4v) is 5.42. The van der Waals surface area contributed by atoms with Gasteiger partial charge in [0.15, 0.2) is 9.30 Å². The first-order chi connectivity index (χ1) is 13.1. The molecular formula is C18H15N3O3S3. The predicted molar refractivity (Wildman–Crippen MR) is 109 cm³/mol. The summed E-state index contributed by atoms with van der Waals surface area (Å²) in [5.41, 5.74) is 2.24. The summed E-state index contributed by atoms with van der Waals surface area (Å²) in [6.07, 6.45) is 0.179. The summed E-state index contributed by atoms with van der Waals surface area (Å²) in [5.74, 6) is 0.274. The van der Waals surface area contributed by atoms with Crippen LogP contribution in [0.2, 0.25) is 0 Å². The maximum Gasteiger partial charge on any atom is 0.311 e. The van der Waals surface area contributed by atoms with Gasteiger partial charge >= 0.3 is 5.97 Å². The zero-order valence-electron chi connectivity index (χ0n) is 14.4. The Morgan fingerprint density at radius 3 is 2.96 bits per heavy atom. The van der Waals surface area contributed by atoms with Crippen LogP contribution in [0.3, 0.4) is 0 Å². The SMILES string of the molecule is CCOC(=O)Cc1csc(SCc2cc(=O)n3c(n2)sc2ccccc23)n1. The number of benzene rings is 1. The van der Waals surface area contributed by atoms with Crippen LogP contribution in [0, 0.1) is 0 Å². The van der Waals surface area contributed by atoms with Crippen LogP contribution in [0.15, 0.2) is 44.8 Å². The van der Waals surface area contributed by atoms with E-state index in [1.54, 1.807) is 17.4 Å². The molecule has 0 radical (unpaired) electrons. The molecule has 0 bridgehead atoms. The van der Waals surface area contributed by atoms with Crippen molar-refractivity contribution in [2.45, 2.75) is 23.4 Å². The molecule has 1 aromatic carbocycles. The Balaban J connectivity index is 1.51. The minimum atomic E-state index is -0.274. The number of nitrogens with zero attached hydrogens (tertiary/aromatic N) is 3. The molecule has 4 aromatic rings. The number of ether oxygens (including phenoxy) is 1. The molecule has 0 amide bonds. The fourth-order valence-electron chi connectivity index (χ4n) is 2.63. The zero-order valence-corrected chi connectivity index (χ0v) is 16.8. The van der Waals surface area contributed by atoms with Gasteiger partial charge in [-0.3, -0.25) is 14.0 Å². The van der Waals surface area contributed by atoms with Crippen molar-refractivity contribution < 1.29 is 9.53 Å². The van der Waals surface area contributed by atoms with E-state index in [0.29, 0.717) is 23.0 Å². The van der Waals surface area contributed by atoms with Gasteiger partial charge in [-0.15, -0.1) is 11.3 Å². The number of hydrogen-bond acceptors (Lipinski definition) is 8. The third-order valence-corrected chi connectivity index (χ3v) is 6.88. The summed E-state index contributed by atoms with van der Waals surface area (Å²) in [5, 5.41) is 1.86. The Morgan fingerprint density at radius 1 is 1.26 bits per heavy atom. The number of esters is 1. The molecule has 138 valence electrons. The lowest BCUT2D eigenvalue weighted by Gasteiger charge is -2.00. The Morgan fingerprint density at radius 2 is 2.11 bits per heavy atom. The van der Waals surface area contributed by atoms with E-state index in [0.717, 1.165) is 20.3 Å². The molecule has 0 aliphatic rings. The Bertz CT molecular complexity index is 1180. The first-order valence-corrected chi connectivity index (χ1v) is 11.0. The lowest BCUT2D eigenvalue weighted by molar-refractivity contribution is -0.142. The number of para-hydroxylation sites is 1. The highest BCUT2D eigenvalue weighted by Crippen LogP contribution is 2.27. The van der Waals surface area contributed by atoms with Gasteiger partial charge in [0, 0.05) is 17.2 Å². The molecule has 0 fully saturated rings. The molecule has 0 spiro atoms. The molecular weight excluding hydrogens is 402 g/mol. The van der Waals surface area contributed by atoms with Crippen molar-refractivity contribution in [3.05, 3.63) is 57.5 Å². The van der Waals surface area contributed by atoms with Crippen LogP contribution in [0.1, 0.15) is 18.3 Å². The number of thiazole rings is 2. The van der Waals surface area contributed by atoms with Crippen molar-refractivity contribution in [3.8, 4) is 0 Å². The standard InChI is InChI=1S/C18H15N3O3S3/c1-2-24-16(23)8-12-10-26-18(20-12)25-9-11-7-15(22)21-13-5-3-4-6-14(13)27-17(21)19-11/h3-7,10H,2,8-9H2,1H3. The Kier molecular flexibility index (Phi) is 5.24. The van der Waals surface area contributed by atoms with Gasteiger partial charge in [-0.25, -0.2) is 9.97 Å². The number of rotatable bonds is 6. The molecule has 0 saturated carbocycles. The van der Waals surface area contributed by atoms with E-state index in [-0.39, 0.29) is 17.9 Å². The van der Waals surface area contributed by atoms with Crippen LogP contribution in [-0.4, -0.2) is 26.9 Å². The smallest absolute Gasteiger partial charge is 0.311 e. The van der Waals surface area contributed by atoms with Crippen LogP contribution >= 0.6 is 34.4 Å². The molecule has 0 saturated heterocycles. The van der Waals surface area contributed by atoms with Gasteiger partial charge in [0.05, 0.1) is 34.6 Å². The molecule has 27 heavy (non-hydrogen) atoms. The number of aromatic nitrogens is 3. The van der Waals surface area contributed by atoms with Gasteiger partial charge in [-0.1, -0.05) is 35.2 Å². The van der Waals surface area contributed by atoms with Gasteiger partial charge in [0.2, 0.25) is 0 Å². The number of hydrogen-bond donors (Lipinski definition) is 0. The molecule has 4 rings (SSSR count). The highest BCUT2D eigenvalue weighted by Gasteiger charge is 2.12. The third kappa shape index (κ3) is 3.90. The van der Waals surface area contributed by atoms with Crippen molar-refractivity contribution in [2.24, 2.45) is 0 Å². The highest BCUT2D eigenvalue weighted by atomic mass is 32.2. The van der Waals surface area contributed by atoms with Gasteiger partial charge < -0.3 is 4.74 Å². The van der Waals surface area contributed by atoms with Gasteiger partial charge in [0.25, 0.3) is 5.56 Å². The van der Waals surface area contributed by atoms with Crippen LogP contribution < -0.4 is 5.56 Å². The molecule has 3 heterocycles. The average molecular weight is 418 g/mol. The number of carbonyl (C=O) groups excluding carboxylic acids is 1. The van der Waals surface area contributed by atoms with Crippen molar-refractivity contribution in [2.75, 3.05) is 6.61 Å². The predicted octanol–water partition coefficient (Wildman–Crippen LogP) is 3.76. The lowest BCUT2D eigenvalue weighted by Crippen LogP contribution is -2.13. The van der Waals surface area contributed by atoms with Gasteiger partial charge in [-0.05, 0) is 19.1 Å². The van der Waals surface area contributed by atoms with Crippen molar-refractivity contribution in [3.63, 3.8) is 0 Å².